The van der Waals surface area contributed by atoms with Gasteiger partial charge < -0.3 is 14.2 Å². The number of carbonyl (C=O) groups excluding carboxylic acids is 2. The molecule has 3 aliphatic carbocycles. The van der Waals surface area contributed by atoms with Crippen molar-refractivity contribution in [2.75, 3.05) is 13.2 Å². The van der Waals surface area contributed by atoms with Crippen LogP contribution in [0.15, 0.2) is 0 Å². The minimum absolute atomic E-state index is 0.0228. The molecule has 0 spiro atoms. The van der Waals surface area contributed by atoms with E-state index in [-0.39, 0.29) is 58.6 Å². The number of fused-ring (bicyclic) bond motifs is 5. The van der Waals surface area contributed by atoms with Gasteiger partial charge in [0, 0.05) is 24.4 Å². The molecule has 0 N–H and O–H groups in total. The largest absolute Gasteiger partial charge is 0.465 e. The number of hydrogen-bond acceptors (Lipinski definition) is 5. The zero-order valence-corrected chi connectivity index (χ0v) is 17.5. The molecule has 5 nitrogen and oxygen atoms in total. The Morgan fingerprint density at radius 3 is 2.41 bits per heavy atom. The molecule has 0 aromatic rings. The molecular weight excluding hydrogens is 344 g/mol. The highest BCUT2D eigenvalue weighted by atomic mass is 16.6. The summed E-state index contributed by atoms with van der Waals surface area (Å²) in [5.74, 6) is 0.269. The van der Waals surface area contributed by atoms with Crippen LogP contribution < -0.4 is 0 Å². The Kier molecular flexibility index (Phi) is 4.24. The SMILES string of the molecule is CCOC1C2CC(C3COC(=O)C32)C1OC(=O)C1(CC(C)(C)C)CC1(C)C. The molecular formula is C22H34O5. The predicted octanol–water partition coefficient (Wildman–Crippen LogP) is 3.59. The van der Waals surface area contributed by atoms with Crippen molar-refractivity contribution in [3.8, 4) is 0 Å². The standard InChI is InChI=1S/C22H34O5/c1-7-25-16-13-8-12(14-9-26-18(23)15(13)14)17(16)27-19(24)22(10-20(2,3)4)11-21(22,5)6/h12-17H,7-11H2,1-6H3. The zero-order chi connectivity index (χ0) is 19.8. The first kappa shape index (κ1) is 19.2. The van der Waals surface area contributed by atoms with Gasteiger partial charge in [0.05, 0.1) is 24.0 Å². The van der Waals surface area contributed by atoms with Crippen molar-refractivity contribution < 1.29 is 23.8 Å². The normalized spacial score (nSPS) is 44.1. The molecule has 4 aliphatic rings. The van der Waals surface area contributed by atoms with Crippen LogP contribution in [0.3, 0.4) is 0 Å². The predicted molar refractivity (Wildman–Crippen MR) is 99.7 cm³/mol. The van der Waals surface area contributed by atoms with E-state index in [4.69, 9.17) is 14.2 Å². The fraction of sp³-hybridized carbons (Fsp3) is 0.909. The van der Waals surface area contributed by atoms with Crippen molar-refractivity contribution >= 4 is 11.9 Å². The molecule has 0 amide bonds. The summed E-state index contributed by atoms with van der Waals surface area (Å²) in [5.41, 5.74) is -0.353. The van der Waals surface area contributed by atoms with Crippen LogP contribution in [0.5, 0.6) is 0 Å². The lowest BCUT2D eigenvalue weighted by Gasteiger charge is -2.37. The highest BCUT2D eigenvalue weighted by Crippen LogP contribution is 2.69. The summed E-state index contributed by atoms with van der Waals surface area (Å²) in [5, 5.41) is 0. The number of hydrogen-bond donors (Lipinski definition) is 0. The molecule has 2 bridgehead atoms. The fourth-order valence-electron chi connectivity index (χ4n) is 6.41. The molecule has 0 radical (unpaired) electrons. The van der Waals surface area contributed by atoms with Crippen molar-refractivity contribution in [2.24, 2.45) is 39.9 Å². The Balaban J connectivity index is 1.55. The van der Waals surface area contributed by atoms with Crippen molar-refractivity contribution in [1.29, 1.82) is 0 Å². The van der Waals surface area contributed by atoms with Gasteiger partial charge >= 0.3 is 11.9 Å². The molecule has 1 saturated heterocycles. The van der Waals surface area contributed by atoms with E-state index in [0.29, 0.717) is 13.2 Å². The van der Waals surface area contributed by atoms with Crippen molar-refractivity contribution in [2.45, 2.75) is 73.0 Å². The van der Waals surface area contributed by atoms with Crippen LogP contribution in [0.25, 0.3) is 0 Å². The molecule has 152 valence electrons. The number of cyclic esters (lactones) is 1. The lowest BCUT2D eigenvalue weighted by Crippen LogP contribution is -2.47. The van der Waals surface area contributed by atoms with E-state index < -0.39 is 5.41 Å². The Morgan fingerprint density at radius 1 is 1.19 bits per heavy atom. The van der Waals surface area contributed by atoms with Gasteiger partial charge in [0.1, 0.15) is 6.10 Å². The maximum Gasteiger partial charge on any atom is 0.313 e. The molecule has 7 atom stereocenters. The Bertz CT molecular complexity index is 648. The molecule has 27 heavy (non-hydrogen) atoms. The maximum absolute atomic E-state index is 13.4. The van der Waals surface area contributed by atoms with Gasteiger partial charge in [-0.05, 0) is 37.0 Å². The molecule has 4 rings (SSSR count). The average Bonchev–Trinajstić information content (AvgIpc) is 2.94. The minimum Gasteiger partial charge on any atom is -0.465 e. The van der Waals surface area contributed by atoms with Gasteiger partial charge in [-0.3, -0.25) is 9.59 Å². The number of ether oxygens (including phenoxy) is 3. The van der Waals surface area contributed by atoms with Crippen LogP contribution in [0.1, 0.15) is 60.8 Å². The third-order valence-electron chi connectivity index (χ3n) is 7.61. The van der Waals surface area contributed by atoms with E-state index in [2.05, 4.69) is 34.6 Å². The number of esters is 2. The van der Waals surface area contributed by atoms with Crippen LogP contribution >= 0.6 is 0 Å². The van der Waals surface area contributed by atoms with Crippen LogP contribution in [0.2, 0.25) is 0 Å². The molecule has 3 saturated carbocycles. The molecule has 7 unspecified atom stereocenters. The van der Waals surface area contributed by atoms with Crippen molar-refractivity contribution in [3.05, 3.63) is 0 Å². The second-order valence-corrected chi connectivity index (χ2v) is 11.1. The van der Waals surface area contributed by atoms with Crippen LogP contribution in [-0.4, -0.2) is 37.4 Å². The van der Waals surface area contributed by atoms with Crippen molar-refractivity contribution in [3.63, 3.8) is 0 Å². The second kappa shape index (κ2) is 5.95. The summed E-state index contributed by atoms with van der Waals surface area (Å²) in [7, 11) is 0. The van der Waals surface area contributed by atoms with Crippen LogP contribution in [-0.2, 0) is 23.8 Å². The number of rotatable bonds is 5. The Hall–Kier alpha value is -1.10. The topological polar surface area (TPSA) is 61.8 Å². The van der Waals surface area contributed by atoms with Gasteiger partial charge in [-0.25, -0.2) is 0 Å². The minimum atomic E-state index is -0.398. The van der Waals surface area contributed by atoms with Crippen molar-refractivity contribution in [1.82, 2.24) is 0 Å². The molecule has 1 heterocycles. The summed E-state index contributed by atoms with van der Waals surface area (Å²) < 4.78 is 17.6. The summed E-state index contributed by atoms with van der Waals surface area (Å²) in [6.45, 7) is 13.9. The molecule has 0 aromatic carbocycles. The average molecular weight is 379 g/mol. The van der Waals surface area contributed by atoms with E-state index in [1.807, 2.05) is 6.92 Å². The molecule has 1 aliphatic heterocycles. The Labute approximate surface area is 162 Å². The summed E-state index contributed by atoms with van der Waals surface area (Å²) in [6, 6.07) is 0. The van der Waals surface area contributed by atoms with Gasteiger partial charge in [-0.15, -0.1) is 0 Å². The third-order valence-corrected chi connectivity index (χ3v) is 7.61. The molecule has 0 aromatic heterocycles. The highest BCUT2D eigenvalue weighted by Gasteiger charge is 2.70. The fourth-order valence-corrected chi connectivity index (χ4v) is 6.41. The van der Waals surface area contributed by atoms with E-state index in [1.54, 1.807) is 0 Å². The van der Waals surface area contributed by atoms with E-state index in [0.717, 1.165) is 19.3 Å². The molecule has 5 heteroatoms. The zero-order valence-electron chi connectivity index (χ0n) is 17.5. The van der Waals surface area contributed by atoms with Gasteiger partial charge in [-0.2, -0.15) is 0 Å². The smallest absolute Gasteiger partial charge is 0.313 e. The second-order valence-electron chi connectivity index (χ2n) is 11.1. The van der Waals surface area contributed by atoms with Gasteiger partial charge in [0.15, 0.2) is 0 Å². The Morgan fingerprint density at radius 2 is 1.85 bits per heavy atom. The van der Waals surface area contributed by atoms with E-state index >= 15 is 0 Å². The van der Waals surface area contributed by atoms with Gasteiger partial charge in [-0.1, -0.05) is 34.6 Å². The summed E-state index contributed by atoms with van der Waals surface area (Å²) >= 11 is 0. The highest BCUT2D eigenvalue weighted by molar-refractivity contribution is 5.82. The van der Waals surface area contributed by atoms with Crippen LogP contribution in [0.4, 0.5) is 0 Å². The lowest BCUT2D eigenvalue weighted by atomic mass is 9.77. The quantitative estimate of drug-likeness (QED) is 0.684. The summed E-state index contributed by atoms with van der Waals surface area (Å²) in [4.78, 5) is 25.5. The van der Waals surface area contributed by atoms with Gasteiger partial charge in [0.2, 0.25) is 0 Å². The summed E-state index contributed by atoms with van der Waals surface area (Å²) in [6.07, 6.45) is 2.20. The molecule has 4 fully saturated rings. The maximum atomic E-state index is 13.4. The first-order valence-corrected chi connectivity index (χ1v) is 10.5. The van der Waals surface area contributed by atoms with E-state index in [1.165, 1.54) is 0 Å². The first-order valence-electron chi connectivity index (χ1n) is 10.5. The first-order chi connectivity index (χ1) is 12.5. The van der Waals surface area contributed by atoms with Crippen LogP contribution in [0, 0.1) is 39.9 Å². The van der Waals surface area contributed by atoms with E-state index in [9.17, 15) is 9.59 Å². The monoisotopic (exact) mass is 378 g/mol. The lowest BCUT2D eigenvalue weighted by molar-refractivity contribution is -0.175. The third kappa shape index (κ3) is 2.83. The van der Waals surface area contributed by atoms with Gasteiger partial charge in [0.25, 0.3) is 0 Å². The number of carbonyl (C=O) groups is 2.